The molecule has 1 aliphatic heterocycles. The molecule has 1 atom stereocenters. The number of hydrogen-bond donors (Lipinski definition) is 1. The molecule has 1 aliphatic rings. The minimum Gasteiger partial charge on any atom is -0.493 e. The lowest BCUT2D eigenvalue weighted by molar-refractivity contribution is 0.283. The summed E-state index contributed by atoms with van der Waals surface area (Å²) >= 11 is 0. The first kappa shape index (κ1) is 22.8. The van der Waals surface area contributed by atoms with Gasteiger partial charge in [0.05, 0.1) is 25.0 Å². The first-order valence-electron chi connectivity index (χ1n) is 11.9. The Labute approximate surface area is 206 Å². The number of fused-ring (bicyclic) bond motifs is 1. The number of aromatic nitrogens is 2. The molecule has 3 aromatic carbocycles. The van der Waals surface area contributed by atoms with E-state index in [0.29, 0.717) is 6.61 Å². The van der Waals surface area contributed by atoms with E-state index >= 15 is 0 Å². The van der Waals surface area contributed by atoms with Crippen LogP contribution in [-0.2, 0) is 13.0 Å². The van der Waals surface area contributed by atoms with Crippen LogP contribution in [0.3, 0.4) is 0 Å². The lowest BCUT2D eigenvalue weighted by Crippen LogP contribution is -2.28. The Balaban J connectivity index is 1.39. The Bertz CT molecular complexity index is 1320. The van der Waals surface area contributed by atoms with Crippen molar-refractivity contribution < 1.29 is 9.47 Å². The van der Waals surface area contributed by atoms with Gasteiger partial charge in [0, 0.05) is 24.5 Å². The first-order chi connectivity index (χ1) is 17.2. The number of aryl methyl sites for hydroxylation is 1. The number of rotatable bonds is 7. The van der Waals surface area contributed by atoms with Crippen molar-refractivity contribution in [1.29, 1.82) is 0 Å². The zero-order chi connectivity index (χ0) is 24.0. The van der Waals surface area contributed by atoms with Crippen molar-refractivity contribution in [2.24, 2.45) is 0 Å². The predicted molar refractivity (Wildman–Crippen MR) is 139 cm³/mol. The molecule has 0 amide bonds. The number of hydrogen-bond acceptors (Lipinski definition) is 5. The van der Waals surface area contributed by atoms with Crippen molar-refractivity contribution >= 4 is 6.08 Å². The van der Waals surface area contributed by atoms with Gasteiger partial charge < -0.3 is 14.8 Å². The van der Waals surface area contributed by atoms with E-state index in [1.54, 1.807) is 25.7 Å². The van der Waals surface area contributed by atoms with E-state index in [9.17, 15) is 0 Å². The van der Waals surface area contributed by atoms with Gasteiger partial charge in [0.2, 0.25) is 0 Å². The van der Waals surface area contributed by atoms with Crippen LogP contribution >= 0.6 is 0 Å². The van der Waals surface area contributed by atoms with Gasteiger partial charge in [-0.3, -0.25) is 9.97 Å². The Kier molecular flexibility index (Phi) is 6.87. The summed E-state index contributed by atoms with van der Waals surface area (Å²) in [6, 6.07) is 20.9. The summed E-state index contributed by atoms with van der Waals surface area (Å²) in [6.07, 6.45) is 10.6. The zero-order valence-electron chi connectivity index (χ0n) is 20.1. The quantitative estimate of drug-likeness (QED) is 0.368. The molecule has 1 N–H and O–H groups in total. The fraction of sp³-hybridized carbons (Fsp3) is 0.200. The fourth-order valence-corrected chi connectivity index (χ4v) is 4.40. The summed E-state index contributed by atoms with van der Waals surface area (Å²) in [7, 11) is 1.69. The Morgan fingerprint density at radius 1 is 1.03 bits per heavy atom. The molecule has 5 rings (SSSR count). The molecule has 1 aromatic heterocycles. The van der Waals surface area contributed by atoms with Crippen molar-refractivity contribution in [3.05, 3.63) is 113 Å². The van der Waals surface area contributed by atoms with Gasteiger partial charge in [-0.25, -0.2) is 0 Å². The Morgan fingerprint density at radius 3 is 2.71 bits per heavy atom. The van der Waals surface area contributed by atoms with E-state index in [1.165, 1.54) is 16.7 Å². The van der Waals surface area contributed by atoms with E-state index in [1.807, 2.05) is 18.2 Å². The Morgan fingerprint density at radius 2 is 1.91 bits per heavy atom. The van der Waals surface area contributed by atoms with E-state index < -0.39 is 0 Å². The zero-order valence-corrected chi connectivity index (χ0v) is 20.1. The second-order valence-electron chi connectivity index (χ2n) is 8.68. The second-order valence-corrected chi connectivity index (χ2v) is 8.68. The van der Waals surface area contributed by atoms with Gasteiger partial charge >= 0.3 is 0 Å². The van der Waals surface area contributed by atoms with Crippen LogP contribution in [0, 0.1) is 6.92 Å². The van der Waals surface area contributed by atoms with Gasteiger partial charge in [-0.1, -0.05) is 54.6 Å². The minimum absolute atomic E-state index is 0.0930. The molecule has 0 fully saturated rings. The van der Waals surface area contributed by atoms with Gasteiger partial charge in [-0.05, 0) is 59.4 Å². The van der Waals surface area contributed by atoms with Crippen LogP contribution in [0.15, 0.2) is 85.3 Å². The number of benzene rings is 3. The van der Waals surface area contributed by atoms with E-state index in [4.69, 9.17) is 9.47 Å². The summed E-state index contributed by atoms with van der Waals surface area (Å²) < 4.78 is 11.8. The van der Waals surface area contributed by atoms with Crippen molar-refractivity contribution in [2.45, 2.75) is 26.0 Å². The normalized spacial score (nSPS) is 15.1. The fourth-order valence-electron chi connectivity index (χ4n) is 4.40. The number of nitrogens with one attached hydrogen (secondary N) is 1. The molecule has 0 radical (unpaired) electrons. The highest BCUT2D eigenvalue weighted by atomic mass is 16.5. The van der Waals surface area contributed by atoms with Gasteiger partial charge in [0.1, 0.15) is 6.61 Å². The molecule has 0 spiro atoms. The number of nitrogens with zero attached hydrogens (tertiary/aromatic N) is 2. The number of methoxy groups -OCH3 is 1. The molecule has 5 nitrogen and oxygen atoms in total. The summed E-state index contributed by atoms with van der Waals surface area (Å²) in [5, 5.41) is 3.63. The summed E-state index contributed by atoms with van der Waals surface area (Å²) in [6.45, 7) is 3.55. The van der Waals surface area contributed by atoms with Crippen LogP contribution in [-0.4, -0.2) is 23.6 Å². The molecule has 0 aliphatic carbocycles. The SMILES string of the molecule is COc1cc2c(cc1OCc1ccccc1)CCNC2/C=C/c1cc(-c2cnccn2)ccc1C. The van der Waals surface area contributed by atoms with E-state index in [-0.39, 0.29) is 6.04 Å². The van der Waals surface area contributed by atoms with Crippen LogP contribution < -0.4 is 14.8 Å². The maximum atomic E-state index is 6.14. The van der Waals surface area contributed by atoms with Crippen LogP contribution in [0.25, 0.3) is 17.3 Å². The standard InChI is InChI=1S/C30H29N3O2/c1-21-8-9-25(28-19-31-14-15-33-28)16-23(21)10-11-27-26-18-29(34-2)30(17-24(26)12-13-32-27)35-20-22-6-4-3-5-7-22/h3-11,14-19,27,32H,12-13,20H2,1-2H3/b11-10+. The van der Waals surface area contributed by atoms with Gasteiger partial charge in [0.25, 0.3) is 0 Å². The Hall–Kier alpha value is -3.96. The molecule has 0 bridgehead atoms. The van der Waals surface area contributed by atoms with Crippen molar-refractivity contribution in [2.75, 3.05) is 13.7 Å². The van der Waals surface area contributed by atoms with Crippen LogP contribution in [0.2, 0.25) is 0 Å². The maximum absolute atomic E-state index is 6.14. The molecular weight excluding hydrogens is 434 g/mol. The number of ether oxygens (including phenoxy) is 2. The third-order valence-corrected chi connectivity index (χ3v) is 6.36. The largest absolute Gasteiger partial charge is 0.493 e. The molecule has 2 heterocycles. The van der Waals surface area contributed by atoms with Crippen molar-refractivity contribution in [3.8, 4) is 22.8 Å². The molecule has 35 heavy (non-hydrogen) atoms. The highest BCUT2D eigenvalue weighted by Gasteiger charge is 2.21. The summed E-state index contributed by atoms with van der Waals surface area (Å²) in [4.78, 5) is 8.64. The minimum atomic E-state index is 0.0930. The second kappa shape index (κ2) is 10.5. The molecule has 4 aromatic rings. The van der Waals surface area contributed by atoms with Gasteiger partial charge in [-0.2, -0.15) is 0 Å². The molecule has 176 valence electrons. The van der Waals surface area contributed by atoms with E-state index in [0.717, 1.165) is 46.8 Å². The summed E-state index contributed by atoms with van der Waals surface area (Å²) in [5.74, 6) is 1.54. The van der Waals surface area contributed by atoms with Gasteiger partial charge in [0.15, 0.2) is 11.5 Å². The first-order valence-corrected chi connectivity index (χ1v) is 11.9. The molecular formula is C30H29N3O2. The van der Waals surface area contributed by atoms with Crippen LogP contribution in [0.4, 0.5) is 0 Å². The maximum Gasteiger partial charge on any atom is 0.161 e. The monoisotopic (exact) mass is 463 g/mol. The molecule has 1 unspecified atom stereocenters. The lowest BCUT2D eigenvalue weighted by atomic mass is 9.92. The van der Waals surface area contributed by atoms with Crippen molar-refractivity contribution in [1.82, 2.24) is 15.3 Å². The van der Waals surface area contributed by atoms with Crippen molar-refractivity contribution in [3.63, 3.8) is 0 Å². The van der Waals surface area contributed by atoms with Crippen LogP contribution in [0.5, 0.6) is 11.5 Å². The molecule has 0 saturated carbocycles. The molecule has 0 saturated heterocycles. The third-order valence-electron chi connectivity index (χ3n) is 6.36. The van der Waals surface area contributed by atoms with E-state index in [2.05, 4.69) is 76.8 Å². The van der Waals surface area contributed by atoms with Crippen LogP contribution in [0.1, 0.15) is 33.9 Å². The lowest BCUT2D eigenvalue weighted by Gasteiger charge is -2.26. The smallest absolute Gasteiger partial charge is 0.161 e. The average Bonchev–Trinajstić information content (AvgIpc) is 2.92. The topological polar surface area (TPSA) is 56.3 Å². The molecule has 5 heteroatoms. The van der Waals surface area contributed by atoms with Gasteiger partial charge in [-0.15, -0.1) is 0 Å². The predicted octanol–water partition coefficient (Wildman–Crippen LogP) is 5.94. The third kappa shape index (κ3) is 5.26. The highest BCUT2D eigenvalue weighted by molar-refractivity contribution is 5.66. The summed E-state index contributed by atoms with van der Waals surface area (Å²) in [5.41, 5.74) is 7.95. The average molecular weight is 464 g/mol. The highest BCUT2D eigenvalue weighted by Crippen LogP contribution is 2.36.